The first-order valence-electron chi connectivity index (χ1n) is 9.96. The summed E-state index contributed by atoms with van der Waals surface area (Å²) in [6.07, 6.45) is 5.41. The second-order valence-corrected chi connectivity index (χ2v) is 8.43. The van der Waals surface area contributed by atoms with Gasteiger partial charge in [-0.25, -0.2) is 4.68 Å². The molecule has 1 saturated carbocycles. The molecule has 3 fully saturated rings. The fourth-order valence-corrected chi connectivity index (χ4v) is 4.65. The summed E-state index contributed by atoms with van der Waals surface area (Å²) < 4.78 is 1.75. The van der Waals surface area contributed by atoms with Crippen LogP contribution in [0.1, 0.15) is 44.3 Å². The third kappa shape index (κ3) is 3.83. The molecule has 3 aliphatic rings. The quantitative estimate of drug-likeness (QED) is 0.773. The second-order valence-electron chi connectivity index (χ2n) is 8.43. The molecule has 2 aliphatic heterocycles. The molecule has 1 aliphatic carbocycles. The molecule has 1 aromatic heterocycles. The summed E-state index contributed by atoms with van der Waals surface area (Å²) in [6, 6.07) is -0.425. The molecule has 27 heavy (non-hydrogen) atoms. The van der Waals surface area contributed by atoms with Gasteiger partial charge in [0.1, 0.15) is 11.9 Å². The summed E-state index contributed by atoms with van der Waals surface area (Å²) >= 11 is 0. The Morgan fingerprint density at radius 1 is 1.22 bits per heavy atom. The van der Waals surface area contributed by atoms with Gasteiger partial charge in [0, 0.05) is 38.6 Å². The maximum atomic E-state index is 12.3. The second kappa shape index (κ2) is 7.18. The first-order valence-corrected chi connectivity index (χ1v) is 9.96. The number of carboxylic acids is 1. The molecule has 148 valence electrons. The van der Waals surface area contributed by atoms with Crippen LogP contribution in [0.3, 0.4) is 0 Å². The highest BCUT2D eigenvalue weighted by molar-refractivity contribution is 5.81. The zero-order valence-electron chi connectivity index (χ0n) is 15.9. The zero-order chi connectivity index (χ0) is 19.0. The van der Waals surface area contributed by atoms with Crippen molar-refractivity contribution in [2.75, 3.05) is 26.2 Å². The summed E-state index contributed by atoms with van der Waals surface area (Å²) in [5.74, 6) is 0.615. The lowest BCUT2D eigenvalue weighted by atomic mass is 9.76. The van der Waals surface area contributed by atoms with Crippen molar-refractivity contribution in [1.82, 2.24) is 30.0 Å². The molecule has 1 N–H and O–H groups in total. The van der Waals surface area contributed by atoms with E-state index in [-0.39, 0.29) is 11.3 Å². The van der Waals surface area contributed by atoms with E-state index in [2.05, 4.69) is 20.4 Å². The Morgan fingerprint density at radius 2 is 1.96 bits per heavy atom. The third-order valence-electron chi connectivity index (χ3n) is 6.48. The number of carboxylic acid groups (broad SMARTS) is 1. The predicted octanol–water partition coefficient (Wildman–Crippen LogP) is 0.549. The van der Waals surface area contributed by atoms with E-state index in [0.29, 0.717) is 18.9 Å². The Balaban J connectivity index is 1.33. The summed E-state index contributed by atoms with van der Waals surface area (Å²) in [5.41, 5.74) is 0.0358. The molecule has 1 aromatic rings. The third-order valence-corrected chi connectivity index (χ3v) is 6.48. The topological polar surface area (TPSA) is 104 Å². The lowest BCUT2D eigenvalue weighted by molar-refractivity contribution is -0.142. The number of aromatic nitrogens is 4. The van der Waals surface area contributed by atoms with Gasteiger partial charge in [-0.2, -0.15) is 0 Å². The van der Waals surface area contributed by atoms with E-state index in [1.807, 2.05) is 11.8 Å². The number of tetrazole rings is 1. The lowest BCUT2D eigenvalue weighted by Gasteiger charge is -2.39. The minimum absolute atomic E-state index is 0.0358. The van der Waals surface area contributed by atoms with Gasteiger partial charge in [-0.15, -0.1) is 5.10 Å². The number of hydrogen-bond acceptors (Lipinski definition) is 6. The van der Waals surface area contributed by atoms with Gasteiger partial charge < -0.3 is 10.0 Å². The number of piperidine rings is 1. The smallest absolute Gasteiger partial charge is 0.320 e. The van der Waals surface area contributed by atoms with Gasteiger partial charge in [0.2, 0.25) is 5.91 Å². The highest BCUT2D eigenvalue weighted by Gasteiger charge is 2.48. The van der Waals surface area contributed by atoms with Crippen LogP contribution in [0.25, 0.3) is 0 Å². The Hall–Kier alpha value is -2.03. The summed E-state index contributed by atoms with van der Waals surface area (Å²) in [6.45, 7) is 5.64. The van der Waals surface area contributed by atoms with Gasteiger partial charge in [-0.1, -0.05) is 0 Å². The van der Waals surface area contributed by atoms with E-state index >= 15 is 0 Å². The molecule has 2 saturated heterocycles. The number of likely N-dealkylation sites (tertiary alicyclic amines) is 2. The maximum Gasteiger partial charge on any atom is 0.320 e. The van der Waals surface area contributed by atoms with Crippen molar-refractivity contribution in [3.8, 4) is 0 Å². The van der Waals surface area contributed by atoms with E-state index in [1.165, 1.54) is 0 Å². The lowest BCUT2D eigenvalue weighted by Crippen LogP contribution is -2.44. The Labute approximate surface area is 158 Å². The van der Waals surface area contributed by atoms with Crippen molar-refractivity contribution < 1.29 is 14.7 Å². The first-order chi connectivity index (χ1) is 13.0. The number of nitrogens with zero attached hydrogens (tertiary/aromatic N) is 6. The molecule has 1 spiro atoms. The molecule has 9 heteroatoms. The summed E-state index contributed by atoms with van der Waals surface area (Å²) in [7, 11) is 0. The van der Waals surface area contributed by atoms with Crippen LogP contribution in [0.15, 0.2) is 0 Å². The maximum absolute atomic E-state index is 12.3. The minimum Gasteiger partial charge on any atom is -0.480 e. The summed E-state index contributed by atoms with van der Waals surface area (Å²) in [5, 5.41) is 21.2. The molecular formula is C18H28N6O3. The number of amides is 1. The molecule has 0 radical (unpaired) electrons. The fraction of sp³-hybridized carbons (Fsp3) is 0.833. The molecule has 0 aromatic carbocycles. The van der Waals surface area contributed by atoms with Crippen LogP contribution in [0.2, 0.25) is 0 Å². The standard InChI is InChI=1S/C18H28N6O3/c1-13-19-20-21-24(13)8-2-7-23-12-18(11-15(23)17(26)27)5-9-22(10-6-18)16(25)14-3-4-14/h14-15H,2-12H2,1H3,(H,26,27). The first kappa shape index (κ1) is 18.3. The van der Waals surface area contributed by atoms with Crippen molar-refractivity contribution in [2.24, 2.45) is 11.3 Å². The normalized spacial score (nSPS) is 25.2. The van der Waals surface area contributed by atoms with Crippen molar-refractivity contribution in [3.05, 3.63) is 5.82 Å². The van der Waals surface area contributed by atoms with Gasteiger partial charge >= 0.3 is 5.97 Å². The van der Waals surface area contributed by atoms with E-state index in [4.69, 9.17) is 0 Å². The van der Waals surface area contributed by atoms with Crippen LogP contribution in [0.4, 0.5) is 0 Å². The van der Waals surface area contributed by atoms with E-state index in [0.717, 1.165) is 64.1 Å². The van der Waals surface area contributed by atoms with Gasteiger partial charge in [-0.3, -0.25) is 14.5 Å². The minimum atomic E-state index is -0.734. The van der Waals surface area contributed by atoms with Crippen LogP contribution >= 0.6 is 0 Å². The SMILES string of the molecule is Cc1nnnn1CCCN1CC2(CCN(C(=O)C3CC3)CC2)CC1C(=O)O. The zero-order valence-corrected chi connectivity index (χ0v) is 15.9. The predicted molar refractivity (Wildman–Crippen MR) is 95.8 cm³/mol. The Kier molecular flexibility index (Phi) is 4.88. The monoisotopic (exact) mass is 376 g/mol. The van der Waals surface area contributed by atoms with Gasteiger partial charge in [0.25, 0.3) is 0 Å². The number of rotatable bonds is 6. The number of carbonyl (C=O) groups is 2. The molecule has 0 bridgehead atoms. The van der Waals surface area contributed by atoms with E-state index in [1.54, 1.807) is 4.68 Å². The van der Waals surface area contributed by atoms with Crippen molar-refractivity contribution in [3.63, 3.8) is 0 Å². The average molecular weight is 376 g/mol. The Bertz CT molecular complexity index is 708. The number of hydrogen-bond donors (Lipinski definition) is 1. The van der Waals surface area contributed by atoms with Crippen LogP contribution in [-0.2, 0) is 16.1 Å². The van der Waals surface area contributed by atoms with Crippen LogP contribution < -0.4 is 0 Å². The molecule has 9 nitrogen and oxygen atoms in total. The van der Waals surface area contributed by atoms with Gasteiger partial charge in [0.15, 0.2) is 0 Å². The average Bonchev–Trinajstić information content (AvgIpc) is 3.33. The molecule has 1 atom stereocenters. The molecule has 4 rings (SSSR count). The van der Waals surface area contributed by atoms with Crippen molar-refractivity contribution in [1.29, 1.82) is 0 Å². The molecule has 1 unspecified atom stereocenters. The molecular weight excluding hydrogens is 348 g/mol. The highest BCUT2D eigenvalue weighted by atomic mass is 16.4. The molecule has 3 heterocycles. The number of carbonyl (C=O) groups excluding carboxylic acids is 1. The van der Waals surface area contributed by atoms with E-state index in [9.17, 15) is 14.7 Å². The van der Waals surface area contributed by atoms with Crippen molar-refractivity contribution >= 4 is 11.9 Å². The molecule has 1 amide bonds. The Morgan fingerprint density at radius 3 is 2.56 bits per heavy atom. The van der Waals surface area contributed by atoms with Gasteiger partial charge in [0.05, 0.1) is 0 Å². The number of aryl methyl sites for hydroxylation is 2. The van der Waals surface area contributed by atoms with Crippen LogP contribution in [0.5, 0.6) is 0 Å². The van der Waals surface area contributed by atoms with E-state index < -0.39 is 12.0 Å². The van der Waals surface area contributed by atoms with Crippen molar-refractivity contribution in [2.45, 2.75) is 58.0 Å². The number of aliphatic carboxylic acids is 1. The largest absolute Gasteiger partial charge is 0.480 e. The fourth-order valence-electron chi connectivity index (χ4n) is 4.65. The van der Waals surface area contributed by atoms with Crippen LogP contribution in [-0.4, -0.2) is 79.2 Å². The van der Waals surface area contributed by atoms with Crippen LogP contribution in [0, 0.1) is 18.3 Å². The highest BCUT2D eigenvalue weighted by Crippen LogP contribution is 2.44. The van der Waals surface area contributed by atoms with Gasteiger partial charge in [-0.05, 0) is 61.3 Å². The summed E-state index contributed by atoms with van der Waals surface area (Å²) in [4.78, 5) is 28.2.